The van der Waals surface area contributed by atoms with E-state index < -0.39 is 6.85 Å². The van der Waals surface area contributed by atoms with Crippen molar-refractivity contribution in [3.63, 3.8) is 0 Å². The number of pyridine rings is 3. The maximum atomic E-state index is 7.68. The Morgan fingerprint density at radius 2 is 1.55 bits per heavy atom. The predicted octanol–water partition coefficient (Wildman–Crippen LogP) is 9.29. The molecule has 0 bridgehead atoms. The van der Waals surface area contributed by atoms with Crippen molar-refractivity contribution in [3.05, 3.63) is 138 Å². The third kappa shape index (κ3) is 5.94. The summed E-state index contributed by atoms with van der Waals surface area (Å²) in [4.78, 5) is 13.5. The fraction of sp³-hybridized carbons (Fsp3) is 0.108. The Balaban J connectivity index is 0.000000240. The van der Waals surface area contributed by atoms with Crippen LogP contribution in [0.5, 0.6) is 0 Å². The number of aromatic nitrogens is 3. The van der Waals surface area contributed by atoms with E-state index in [-0.39, 0.29) is 25.7 Å². The number of furan rings is 1. The second kappa shape index (κ2) is 12.6. The molecule has 0 N–H and O–H groups in total. The van der Waals surface area contributed by atoms with E-state index in [2.05, 4.69) is 54.1 Å². The van der Waals surface area contributed by atoms with Gasteiger partial charge in [-0.1, -0.05) is 52.9 Å². The van der Waals surface area contributed by atoms with Gasteiger partial charge in [0.05, 0.1) is 11.3 Å². The monoisotopic (exact) mass is 727 g/mol. The van der Waals surface area contributed by atoms with Gasteiger partial charge < -0.3 is 14.4 Å². The number of hydrogen-bond acceptors (Lipinski definition) is 4. The van der Waals surface area contributed by atoms with Crippen LogP contribution in [0.2, 0.25) is 0 Å². The molecule has 7 aromatic rings. The molecule has 3 aromatic carbocycles. The summed E-state index contributed by atoms with van der Waals surface area (Å²) in [6.07, 6.45) is 3.37. The standard InChI is InChI=1S/C25H19N2O.C12H10N.Ir/c1-15-12-13-26-22(14-15)20-9-5-8-18-19-10-11-21(27-25(19)28-24(18)20)23-16(2)6-4-7-17(23)3;1-10-7-8-12(13-9-10)11-5-3-2-4-6-11;/h4-8,10-14H,1-3H3;2-5,7-9H,1H3;/q2*-1;/i1D3;;. The van der Waals surface area contributed by atoms with Crippen LogP contribution in [0, 0.1) is 39.8 Å². The summed E-state index contributed by atoms with van der Waals surface area (Å²) in [6, 6.07) is 35.3. The van der Waals surface area contributed by atoms with Crippen molar-refractivity contribution in [1.82, 2.24) is 15.0 Å². The van der Waals surface area contributed by atoms with E-state index in [1.807, 2.05) is 67.7 Å². The zero-order valence-electron chi connectivity index (χ0n) is 26.4. The number of fused-ring (bicyclic) bond motifs is 3. The molecule has 0 fully saturated rings. The second-order valence-corrected chi connectivity index (χ2v) is 9.94. The first-order valence-corrected chi connectivity index (χ1v) is 13.4. The van der Waals surface area contributed by atoms with Crippen LogP contribution in [0.25, 0.3) is 55.8 Å². The zero-order valence-corrected chi connectivity index (χ0v) is 25.8. The summed E-state index contributed by atoms with van der Waals surface area (Å²) in [5, 5.41) is 1.79. The van der Waals surface area contributed by atoms with Crippen molar-refractivity contribution in [2.75, 3.05) is 0 Å². The molecule has 4 nitrogen and oxygen atoms in total. The van der Waals surface area contributed by atoms with Crippen molar-refractivity contribution in [2.24, 2.45) is 0 Å². The molecule has 0 saturated carbocycles. The average molecular weight is 727 g/mol. The summed E-state index contributed by atoms with van der Waals surface area (Å²) < 4.78 is 29.2. The fourth-order valence-corrected chi connectivity index (χ4v) is 4.92. The van der Waals surface area contributed by atoms with Gasteiger partial charge in [-0.2, -0.15) is 0 Å². The maximum Gasteiger partial charge on any atom is 0.216 e. The van der Waals surface area contributed by atoms with Crippen molar-refractivity contribution in [2.45, 2.75) is 27.6 Å². The molecule has 0 atom stereocenters. The Morgan fingerprint density at radius 1 is 0.714 bits per heavy atom. The summed E-state index contributed by atoms with van der Waals surface area (Å²) >= 11 is 0. The minimum atomic E-state index is -2.21. The molecule has 4 aromatic heterocycles. The molecule has 0 saturated heterocycles. The van der Waals surface area contributed by atoms with E-state index >= 15 is 0 Å². The Labute approximate surface area is 264 Å². The number of nitrogens with zero attached hydrogens (tertiary/aromatic N) is 3. The molecule has 0 aliphatic rings. The van der Waals surface area contributed by atoms with Gasteiger partial charge in [0.15, 0.2) is 0 Å². The molecule has 42 heavy (non-hydrogen) atoms. The molecule has 0 amide bonds. The van der Waals surface area contributed by atoms with Gasteiger partial charge in [-0.3, -0.25) is 0 Å². The average Bonchev–Trinajstić information content (AvgIpc) is 3.40. The first-order valence-electron chi connectivity index (χ1n) is 14.9. The summed E-state index contributed by atoms with van der Waals surface area (Å²) in [5.74, 6) is 0. The molecule has 0 aliphatic heterocycles. The van der Waals surface area contributed by atoms with Crippen molar-refractivity contribution in [3.8, 4) is 33.8 Å². The Bertz CT molecular complexity index is 2070. The van der Waals surface area contributed by atoms with Gasteiger partial charge in [0, 0.05) is 47.6 Å². The third-order valence-corrected chi connectivity index (χ3v) is 6.95. The number of aryl methyl sites for hydroxylation is 4. The minimum absolute atomic E-state index is 0. The van der Waals surface area contributed by atoms with Gasteiger partial charge in [-0.05, 0) is 73.9 Å². The van der Waals surface area contributed by atoms with Gasteiger partial charge in [-0.15, -0.1) is 54.1 Å². The molecular weight excluding hydrogens is 695 g/mol. The fourth-order valence-electron chi connectivity index (χ4n) is 4.92. The number of benzene rings is 3. The number of rotatable bonds is 3. The smallest absolute Gasteiger partial charge is 0.216 e. The van der Waals surface area contributed by atoms with E-state index in [1.165, 1.54) is 17.8 Å². The van der Waals surface area contributed by atoms with Gasteiger partial charge >= 0.3 is 0 Å². The van der Waals surface area contributed by atoms with Crippen LogP contribution in [0.4, 0.5) is 0 Å². The van der Waals surface area contributed by atoms with Crippen molar-refractivity contribution < 1.29 is 28.6 Å². The Morgan fingerprint density at radius 3 is 2.29 bits per heavy atom. The minimum Gasteiger partial charge on any atom is -0.486 e. The van der Waals surface area contributed by atoms with E-state index in [0.29, 0.717) is 22.6 Å². The van der Waals surface area contributed by atoms with Crippen molar-refractivity contribution in [1.29, 1.82) is 0 Å². The molecule has 0 spiro atoms. The molecule has 7 rings (SSSR count). The van der Waals surface area contributed by atoms with E-state index in [9.17, 15) is 0 Å². The molecule has 4 heterocycles. The molecule has 0 aliphatic carbocycles. The molecule has 0 unspecified atom stereocenters. The van der Waals surface area contributed by atoms with Gasteiger partial charge in [0.2, 0.25) is 5.71 Å². The zero-order chi connectivity index (χ0) is 30.8. The summed E-state index contributed by atoms with van der Waals surface area (Å²) in [5.41, 5.74) is 9.96. The van der Waals surface area contributed by atoms with Gasteiger partial charge in [0.25, 0.3) is 0 Å². The van der Waals surface area contributed by atoms with Crippen LogP contribution < -0.4 is 0 Å². The number of hydrogen-bond donors (Lipinski definition) is 0. The third-order valence-electron chi connectivity index (χ3n) is 6.95. The molecule has 1 radical (unpaired) electrons. The topological polar surface area (TPSA) is 51.8 Å². The predicted molar refractivity (Wildman–Crippen MR) is 166 cm³/mol. The van der Waals surface area contributed by atoms with Crippen LogP contribution in [0.1, 0.15) is 26.4 Å². The van der Waals surface area contributed by atoms with Crippen LogP contribution in [0.15, 0.2) is 108 Å². The van der Waals surface area contributed by atoms with Crippen LogP contribution in [-0.2, 0) is 20.1 Å². The normalized spacial score (nSPS) is 12.0. The van der Waals surface area contributed by atoms with Gasteiger partial charge in [0.1, 0.15) is 0 Å². The van der Waals surface area contributed by atoms with E-state index in [0.717, 1.165) is 44.4 Å². The Kier molecular flexibility index (Phi) is 7.59. The molecule has 5 heteroatoms. The van der Waals surface area contributed by atoms with E-state index in [4.69, 9.17) is 13.5 Å². The van der Waals surface area contributed by atoms with E-state index in [1.54, 1.807) is 12.1 Å². The first kappa shape index (κ1) is 25.3. The maximum absolute atomic E-state index is 7.68. The summed E-state index contributed by atoms with van der Waals surface area (Å²) in [7, 11) is 0. The quantitative estimate of drug-likeness (QED) is 0.171. The second-order valence-electron chi connectivity index (χ2n) is 9.94. The largest absolute Gasteiger partial charge is 0.486 e. The van der Waals surface area contributed by atoms with Crippen LogP contribution in [0.3, 0.4) is 0 Å². The van der Waals surface area contributed by atoms with Gasteiger partial charge in [-0.25, -0.2) is 4.98 Å². The SMILES string of the molecule is Cc1ccc(-c2[c-]cccc2)nc1.[2H]C([2H])([2H])c1ccnc(-c2[c-]ccc3c2oc2nc(-c4c(C)cccc4C)ccc23)c1.[Ir]. The Hall–Kier alpha value is -4.44. The molecule has 209 valence electrons. The van der Waals surface area contributed by atoms with Crippen LogP contribution >= 0.6 is 0 Å². The first-order chi connectivity index (χ1) is 21.2. The van der Waals surface area contributed by atoms with Crippen LogP contribution in [-0.4, -0.2) is 15.0 Å². The summed E-state index contributed by atoms with van der Waals surface area (Å²) in [6.45, 7) is 3.97. The van der Waals surface area contributed by atoms with Crippen molar-refractivity contribution >= 4 is 22.1 Å². The molecular formula is C37H29IrN3O-2.